The van der Waals surface area contributed by atoms with Gasteiger partial charge in [0.05, 0.1) is 19.3 Å². The van der Waals surface area contributed by atoms with Gasteiger partial charge in [-0.2, -0.15) is 0 Å². The highest BCUT2D eigenvalue weighted by atomic mass is 16.5. The van der Waals surface area contributed by atoms with Gasteiger partial charge in [0.1, 0.15) is 5.75 Å². The summed E-state index contributed by atoms with van der Waals surface area (Å²) in [6.07, 6.45) is 1.31. The van der Waals surface area contributed by atoms with Gasteiger partial charge in [0, 0.05) is 0 Å². The van der Waals surface area contributed by atoms with Crippen molar-refractivity contribution in [1.82, 2.24) is 5.32 Å². The molecule has 7 heteroatoms. The molecule has 23 heavy (non-hydrogen) atoms. The molecule has 120 valence electrons. The second-order valence-corrected chi connectivity index (χ2v) is 4.43. The van der Waals surface area contributed by atoms with Crippen LogP contribution in [0.25, 0.3) is 0 Å². The van der Waals surface area contributed by atoms with Crippen LogP contribution in [0.15, 0.2) is 53.1 Å². The van der Waals surface area contributed by atoms with Crippen molar-refractivity contribution < 1.29 is 28.3 Å². The van der Waals surface area contributed by atoms with Crippen molar-refractivity contribution in [2.24, 2.45) is 0 Å². The number of amides is 2. The maximum Gasteiger partial charge on any atom is 0.309 e. The maximum absolute atomic E-state index is 11.5. The average Bonchev–Trinajstić information content (AvgIpc) is 3.08. The van der Waals surface area contributed by atoms with Crippen LogP contribution in [0.3, 0.4) is 0 Å². The highest BCUT2D eigenvalue weighted by Crippen LogP contribution is 2.08. The molecule has 1 heterocycles. The number of imide groups is 1. The first-order valence-corrected chi connectivity index (χ1v) is 6.86. The average molecular weight is 317 g/mol. The van der Waals surface area contributed by atoms with E-state index in [2.05, 4.69) is 0 Å². The summed E-state index contributed by atoms with van der Waals surface area (Å²) in [5.74, 6) is -1.38. The Bertz CT molecular complexity index is 650. The van der Waals surface area contributed by atoms with Crippen LogP contribution in [0.1, 0.15) is 17.0 Å². The Labute approximate surface area is 132 Å². The van der Waals surface area contributed by atoms with Crippen LogP contribution in [0.2, 0.25) is 0 Å². The van der Waals surface area contributed by atoms with Gasteiger partial charge in [0.25, 0.3) is 11.8 Å². The van der Waals surface area contributed by atoms with Crippen molar-refractivity contribution >= 4 is 17.8 Å². The molecule has 0 fully saturated rings. The molecule has 1 aromatic heterocycles. The largest absolute Gasteiger partial charge is 0.493 e. The molecule has 0 saturated heterocycles. The first kappa shape index (κ1) is 16.3. The second kappa shape index (κ2) is 8.38. The zero-order valence-corrected chi connectivity index (χ0v) is 12.2. The van der Waals surface area contributed by atoms with Crippen molar-refractivity contribution in [1.29, 1.82) is 0 Å². The number of carbonyl (C=O) groups is 3. The minimum atomic E-state index is -0.733. The third-order valence-corrected chi connectivity index (χ3v) is 2.68. The van der Waals surface area contributed by atoms with Gasteiger partial charge in [-0.1, -0.05) is 18.2 Å². The third-order valence-electron chi connectivity index (χ3n) is 2.68. The molecule has 0 aliphatic rings. The van der Waals surface area contributed by atoms with E-state index >= 15 is 0 Å². The number of esters is 1. The summed E-state index contributed by atoms with van der Waals surface area (Å²) in [4.78, 5) is 34.4. The van der Waals surface area contributed by atoms with E-state index < -0.39 is 24.4 Å². The lowest BCUT2D eigenvalue weighted by Crippen LogP contribution is -2.34. The first-order valence-electron chi connectivity index (χ1n) is 6.86. The van der Waals surface area contributed by atoms with Crippen molar-refractivity contribution in [3.63, 3.8) is 0 Å². The van der Waals surface area contributed by atoms with Gasteiger partial charge < -0.3 is 13.9 Å². The summed E-state index contributed by atoms with van der Waals surface area (Å²) in [7, 11) is 0. The zero-order valence-electron chi connectivity index (χ0n) is 12.2. The summed E-state index contributed by atoms with van der Waals surface area (Å²) < 4.78 is 14.9. The maximum atomic E-state index is 11.5. The van der Waals surface area contributed by atoms with E-state index in [-0.39, 0.29) is 18.8 Å². The lowest BCUT2D eigenvalue weighted by atomic mass is 10.3. The Morgan fingerprint density at radius 1 is 1.04 bits per heavy atom. The Morgan fingerprint density at radius 3 is 2.52 bits per heavy atom. The molecule has 2 rings (SSSR count). The fraction of sp³-hybridized carbons (Fsp3) is 0.188. The van der Waals surface area contributed by atoms with Crippen LogP contribution in [-0.4, -0.2) is 31.0 Å². The van der Waals surface area contributed by atoms with E-state index in [9.17, 15) is 14.4 Å². The number of nitrogens with one attached hydrogen (secondary N) is 1. The Kier molecular flexibility index (Phi) is 5.93. The van der Waals surface area contributed by atoms with Crippen molar-refractivity contribution in [2.45, 2.75) is 6.42 Å². The van der Waals surface area contributed by atoms with E-state index in [0.717, 1.165) is 0 Å². The highest BCUT2D eigenvalue weighted by Gasteiger charge is 2.14. The molecule has 0 spiro atoms. The lowest BCUT2D eigenvalue weighted by molar-refractivity contribution is -0.148. The summed E-state index contributed by atoms with van der Waals surface area (Å²) in [5, 5.41) is 2.04. The summed E-state index contributed by atoms with van der Waals surface area (Å²) in [6.45, 7) is -0.410. The van der Waals surface area contributed by atoms with E-state index in [1.165, 1.54) is 18.4 Å². The van der Waals surface area contributed by atoms with Gasteiger partial charge in [-0.15, -0.1) is 0 Å². The SMILES string of the molecule is O=C(COC(=O)CCOc1ccccc1)NC(=O)c1ccco1. The van der Waals surface area contributed by atoms with Crippen molar-refractivity contribution in [3.05, 3.63) is 54.5 Å². The van der Waals surface area contributed by atoms with Gasteiger partial charge in [0.2, 0.25) is 0 Å². The molecule has 2 amide bonds. The van der Waals surface area contributed by atoms with Crippen molar-refractivity contribution in [2.75, 3.05) is 13.2 Å². The fourth-order valence-corrected chi connectivity index (χ4v) is 1.62. The van der Waals surface area contributed by atoms with Gasteiger partial charge in [-0.3, -0.25) is 19.7 Å². The van der Waals surface area contributed by atoms with Gasteiger partial charge in [-0.25, -0.2) is 0 Å². The number of para-hydroxylation sites is 1. The monoisotopic (exact) mass is 317 g/mol. The highest BCUT2D eigenvalue weighted by molar-refractivity contribution is 6.03. The molecule has 0 radical (unpaired) electrons. The molecular formula is C16H15NO6. The van der Waals surface area contributed by atoms with Crippen LogP contribution in [0.4, 0.5) is 0 Å². The summed E-state index contributed by atoms with van der Waals surface area (Å²) in [6, 6.07) is 11.9. The molecular weight excluding hydrogens is 302 g/mol. The standard InChI is InChI=1S/C16H15NO6/c18-14(17-16(20)13-7-4-9-22-13)11-23-15(19)8-10-21-12-5-2-1-3-6-12/h1-7,9H,8,10-11H2,(H,17,18,20). The van der Waals surface area contributed by atoms with Crippen molar-refractivity contribution in [3.8, 4) is 5.75 Å². The van der Waals surface area contributed by atoms with Gasteiger partial charge in [0.15, 0.2) is 12.4 Å². The smallest absolute Gasteiger partial charge is 0.309 e. The zero-order chi connectivity index (χ0) is 16.5. The molecule has 0 aliphatic heterocycles. The molecule has 0 saturated carbocycles. The number of carbonyl (C=O) groups excluding carboxylic acids is 3. The predicted molar refractivity (Wildman–Crippen MR) is 78.7 cm³/mol. The molecule has 1 aromatic carbocycles. The normalized spacial score (nSPS) is 9.91. The molecule has 7 nitrogen and oxygen atoms in total. The number of hydrogen-bond acceptors (Lipinski definition) is 6. The van der Waals surface area contributed by atoms with Gasteiger partial charge >= 0.3 is 5.97 Å². The molecule has 0 unspecified atom stereocenters. The van der Waals surface area contributed by atoms with Crippen LogP contribution in [-0.2, 0) is 14.3 Å². The van der Waals surface area contributed by atoms with Crippen LogP contribution >= 0.6 is 0 Å². The molecule has 0 atom stereocenters. The number of furan rings is 1. The predicted octanol–water partition coefficient (Wildman–Crippen LogP) is 1.55. The van der Waals surface area contributed by atoms with Crippen LogP contribution < -0.4 is 10.1 Å². The Hall–Kier alpha value is -3.09. The molecule has 0 aliphatic carbocycles. The number of hydrogen-bond donors (Lipinski definition) is 1. The molecule has 1 N–H and O–H groups in total. The van der Waals surface area contributed by atoms with E-state index in [1.807, 2.05) is 23.5 Å². The summed E-state index contributed by atoms with van der Waals surface area (Å²) in [5.41, 5.74) is 0. The van der Waals surface area contributed by atoms with Crippen LogP contribution in [0.5, 0.6) is 5.75 Å². The molecule has 2 aromatic rings. The lowest BCUT2D eigenvalue weighted by Gasteiger charge is -2.06. The van der Waals surface area contributed by atoms with E-state index in [4.69, 9.17) is 13.9 Å². The number of ether oxygens (including phenoxy) is 2. The van der Waals surface area contributed by atoms with E-state index in [1.54, 1.807) is 12.1 Å². The van der Waals surface area contributed by atoms with Gasteiger partial charge in [-0.05, 0) is 24.3 Å². The van der Waals surface area contributed by atoms with Crippen LogP contribution in [0, 0.1) is 0 Å². The quantitative estimate of drug-likeness (QED) is 0.779. The number of rotatable bonds is 7. The Balaban J connectivity index is 1.62. The summed E-state index contributed by atoms with van der Waals surface area (Å²) >= 11 is 0. The topological polar surface area (TPSA) is 94.8 Å². The van der Waals surface area contributed by atoms with E-state index in [0.29, 0.717) is 5.75 Å². The molecule has 0 bridgehead atoms. The second-order valence-electron chi connectivity index (χ2n) is 4.43. The third kappa shape index (κ3) is 5.66. The fourth-order valence-electron chi connectivity index (χ4n) is 1.62. The minimum Gasteiger partial charge on any atom is -0.493 e. The minimum absolute atomic E-state index is 0.000868. The Morgan fingerprint density at radius 2 is 1.83 bits per heavy atom. The number of benzene rings is 1. The first-order chi connectivity index (χ1) is 11.1.